The zero-order valence-corrected chi connectivity index (χ0v) is 12.8. The Labute approximate surface area is 124 Å². The Hall–Kier alpha value is -1.57. The molecule has 1 aromatic rings. The zero-order valence-electron chi connectivity index (χ0n) is 10.6. The van der Waals surface area contributed by atoms with Crippen molar-refractivity contribution in [3.8, 4) is 0 Å². The van der Waals surface area contributed by atoms with Crippen molar-refractivity contribution in [3.05, 3.63) is 39.2 Å². The SMILES string of the molecule is CCOC(=O)/C(OC(C)=O)=C(/N)c1ccc(I)cc1. The maximum atomic E-state index is 11.7. The maximum Gasteiger partial charge on any atom is 0.376 e. The van der Waals surface area contributed by atoms with Gasteiger partial charge in [-0.05, 0) is 41.6 Å². The van der Waals surface area contributed by atoms with E-state index in [1.54, 1.807) is 19.1 Å². The van der Waals surface area contributed by atoms with E-state index in [9.17, 15) is 9.59 Å². The van der Waals surface area contributed by atoms with Gasteiger partial charge < -0.3 is 15.2 Å². The van der Waals surface area contributed by atoms with Gasteiger partial charge in [-0.3, -0.25) is 4.79 Å². The number of rotatable bonds is 4. The summed E-state index contributed by atoms with van der Waals surface area (Å²) in [5.74, 6) is -1.67. The molecule has 0 amide bonds. The highest BCUT2D eigenvalue weighted by Crippen LogP contribution is 2.17. The number of hydrogen-bond acceptors (Lipinski definition) is 5. The molecule has 0 heterocycles. The van der Waals surface area contributed by atoms with Gasteiger partial charge >= 0.3 is 11.9 Å². The minimum atomic E-state index is -0.756. The molecule has 6 heteroatoms. The fourth-order valence-electron chi connectivity index (χ4n) is 1.31. The minimum Gasteiger partial charge on any atom is -0.460 e. The topological polar surface area (TPSA) is 78.6 Å². The maximum absolute atomic E-state index is 11.7. The zero-order chi connectivity index (χ0) is 14.4. The third-order valence-electron chi connectivity index (χ3n) is 2.11. The third kappa shape index (κ3) is 4.55. The van der Waals surface area contributed by atoms with Gasteiger partial charge in [-0.1, -0.05) is 12.1 Å². The molecule has 19 heavy (non-hydrogen) atoms. The minimum absolute atomic E-state index is 0.0741. The summed E-state index contributed by atoms with van der Waals surface area (Å²) in [6.07, 6.45) is 0. The van der Waals surface area contributed by atoms with Gasteiger partial charge in [-0.15, -0.1) is 0 Å². The van der Waals surface area contributed by atoms with Crippen LogP contribution in [0.25, 0.3) is 5.70 Å². The largest absolute Gasteiger partial charge is 0.460 e. The molecule has 0 fully saturated rings. The Morgan fingerprint density at radius 3 is 2.32 bits per heavy atom. The van der Waals surface area contributed by atoms with Crippen LogP contribution in [0.15, 0.2) is 30.0 Å². The van der Waals surface area contributed by atoms with E-state index >= 15 is 0 Å². The molecule has 0 aromatic heterocycles. The predicted octanol–water partition coefficient (Wildman–Crippen LogP) is 2.04. The van der Waals surface area contributed by atoms with Crippen LogP contribution in [-0.4, -0.2) is 18.5 Å². The summed E-state index contributed by atoms with van der Waals surface area (Å²) in [5.41, 5.74) is 6.53. The van der Waals surface area contributed by atoms with E-state index in [1.807, 2.05) is 12.1 Å². The molecule has 5 nitrogen and oxygen atoms in total. The van der Waals surface area contributed by atoms with Crippen molar-refractivity contribution in [3.63, 3.8) is 0 Å². The summed E-state index contributed by atoms with van der Waals surface area (Å²) in [6, 6.07) is 7.14. The van der Waals surface area contributed by atoms with Crippen LogP contribution in [0.1, 0.15) is 19.4 Å². The normalized spacial score (nSPS) is 11.5. The van der Waals surface area contributed by atoms with Gasteiger partial charge in [0.05, 0.1) is 12.3 Å². The molecule has 0 bridgehead atoms. The van der Waals surface area contributed by atoms with Crippen LogP contribution < -0.4 is 5.73 Å². The van der Waals surface area contributed by atoms with E-state index < -0.39 is 11.9 Å². The summed E-state index contributed by atoms with van der Waals surface area (Å²) in [4.78, 5) is 22.8. The number of nitrogens with two attached hydrogens (primary N) is 1. The highest BCUT2D eigenvalue weighted by Gasteiger charge is 2.20. The summed E-state index contributed by atoms with van der Waals surface area (Å²) in [7, 11) is 0. The summed E-state index contributed by atoms with van der Waals surface area (Å²) in [6.45, 7) is 3.02. The van der Waals surface area contributed by atoms with Crippen molar-refractivity contribution < 1.29 is 19.1 Å². The van der Waals surface area contributed by atoms with Crippen LogP contribution in [0, 0.1) is 3.57 Å². The molecular weight excluding hydrogens is 361 g/mol. The molecule has 0 atom stereocenters. The fourth-order valence-corrected chi connectivity index (χ4v) is 1.67. The van der Waals surface area contributed by atoms with E-state index in [0.717, 1.165) is 3.57 Å². The lowest BCUT2D eigenvalue weighted by atomic mass is 10.1. The predicted molar refractivity (Wildman–Crippen MR) is 78.7 cm³/mol. The molecule has 0 unspecified atom stereocenters. The van der Waals surface area contributed by atoms with E-state index in [4.69, 9.17) is 15.2 Å². The second-order valence-electron chi connectivity index (χ2n) is 3.56. The number of benzene rings is 1. The first-order valence-corrected chi connectivity index (χ1v) is 6.64. The lowest BCUT2D eigenvalue weighted by Crippen LogP contribution is -2.18. The van der Waals surface area contributed by atoms with E-state index in [2.05, 4.69) is 22.6 Å². The van der Waals surface area contributed by atoms with Crippen molar-refractivity contribution in [1.82, 2.24) is 0 Å². The number of esters is 2. The summed E-state index contributed by atoms with van der Waals surface area (Å²) >= 11 is 2.15. The highest BCUT2D eigenvalue weighted by atomic mass is 127. The van der Waals surface area contributed by atoms with Crippen molar-refractivity contribution in [2.24, 2.45) is 5.73 Å². The summed E-state index contributed by atoms with van der Waals surface area (Å²) < 4.78 is 10.7. The molecule has 102 valence electrons. The average Bonchev–Trinajstić information content (AvgIpc) is 2.36. The Kier molecular flexibility index (Phi) is 5.81. The van der Waals surface area contributed by atoms with E-state index in [1.165, 1.54) is 6.92 Å². The molecule has 2 N–H and O–H groups in total. The fraction of sp³-hybridized carbons (Fsp3) is 0.231. The van der Waals surface area contributed by atoms with Crippen molar-refractivity contribution in [2.75, 3.05) is 6.61 Å². The molecule has 0 aliphatic carbocycles. The number of halogens is 1. The first-order valence-electron chi connectivity index (χ1n) is 5.57. The first kappa shape index (κ1) is 15.5. The van der Waals surface area contributed by atoms with Crippen LogP contribution in [0.5, 0.6) is 0 Å². The Morgan fingerprint density at radius 1 is 1.26 bits per heavy atom. The molecule has 0 spiro atoms. The van der Waals surface area contributed by atoms with Crippen molar-refractivity contribution >= 4 is 40.2 Å². The van der Waals surface area contributed by atoms with Gasteiger partial charge in [-0.25, -0.2) is 4.79 Å². The number of ether oxygens (including phenoxy) is 2. The standard InChI is InChI=1S/C13H14INO4/c1-3-18-13(17)12(19-8(2)16)11(15)9-4-6-10(14)7-5-9/h4-7H,3,15H2,1-2H3/b12-11-. The number of carbonyl (C=O) groups is 2. The van der Waals surface area contributed by atoms with Gasteiger partial charge in [0.25, 0.3) is 0 Å². The number of carbonyl (C=O) groups excluding carboxylic acids is 2. The van der Waals surface area contributed by atoms with Crippen LogP contribution in [0.4, 0.5) is 0 Å². The molecule has 1 rings (SSSR count). The van der Waals surface area contributed by atoms with Gasteiger partial charge in [0.1, 0.15) is 0 Å². The van der Waals surface area contributed by atoms with E-state index in [0.29, 0.717) is 5.56 Å². The van der Waals surface area contributed by atoms with Gasteiger partial charge in [-0.2, -0.15) is 0 Å². The lowest BCUT2D eigenvalue weighted by Gasteiger charge is -2.10. The molecule has 0 saturated carbocycles. The van der Waals surface area contributed by atoms with Crippen molar-refractivity contribution in [1.29, 1.82) is 0 Å². The smallest absolute Gasteiger partial charge is 0.376 e. The second-order valence-corrected chi connectivity index (χ2v) is 4.81. The van der Waals surface area contributed by atoms with Gasteiger partial charge in [0, 0.05) is 16.1 Å². The Bertz CT molecular complexity index is 508. The van der Waals surface area contributed by atoms with Crippen molar-refractivity contribution in [2.45, 2.75) is 13.8 Å². The van der Waals surface area contributed by atoms with Crippen LogP contribution >= 0.6 is 22.6 Å². The van der Waals surface area contributed by atoms with Crippen LogP contribution in [0.2, 0.25) is 0 Å². The van der Waals surface area contributed by atoms with Gasteiger partial charge in [0.2, 0.25) is 5.76 Å². The summed E-state index contributed by atoms with van der Waals surface area (Å²) in [5, 5.41) is 0. The second kappa shape index (κ2) is 7.13. The molecule has 0 radical (unpaired) electrons. The van der Waals surface area contributed by atoms with Crippen LogP contribution in [-0.2, 0) is 19.1 Å². The highest BCUT2D eigenvalue weighted by molar-refractivity contribution is 14.1. The Balaban J connectivity index is 3.18. The lowest BCUT2D eigenvalue weighted by molar-refractivity contribution is -0.149. The van der Waals surface area contributed by atoms with E-state index in [-0.39, 0.29) is 18.1 Å². The Morgan fingerprint density at radius 2 is 1.84 bits per heavy atom. The first-order chi connectivity index (χ1) is 8.95. The number of hydrogen-bond donors (Lipinski definition) is 1. The average molecular weight is 375 g/mol. The quantitative estimate of drug-likeness (QED) is 0.377. The molecule has 0 aliphatic rings. The monoisotopic (exact) mass is 375 g/mol. The molecule has 0 aliphatic heterocycles. The molecular formula is C13H14INO4. The molecule has 1 aromatic carbocycles. The molecule has 0 saturated heterocycles. The van der Waals surface area contributed by atoms with Gasteiger partial charge in [0.15, 0.2) is 0 Å². The third-order valence-corrected chi connectivity index (χ3v) is 2.83. The van der Waals surface area contributed by atoms with Crippen LogP contribution in [0.3, 0.4) is 0 Å².